The Hall–Kier alpha value is -2.40. The van der Waals surface area contributed by atoms with Crippen LogP contribution in [0.4, 0.5) is 5.69 Å². The molecule has 4 nitrogen and oxygen atoms in total. The predicted octanol–water partition coefficient (Wildman–Crippen LogP) is 6.80. The van der Waals surface area contributed by atoms with Crippen LogP contribution in [0.3, 0.4) is 0 Å². The number of hydrogen-bond donors (Lipinski definition) is 1. The Morgan fingerprint density at radius 3 is 2.71 bits per heavy atom. The number of rotatable bonds is 9. The van der Waals surface area contributed by atoms with E-state index < -0.39 is 0 Å². The second-order valence-electron chi connectivity index (χ2n) is 7.71. The van der Waals surface area contributed by atoms with Gasteiger partial charge in [-0.25, -0.2) is 4.98 Å². The minimum absolute atomic E-state index is 0.597. The maximum Gasteiger partial charge on any atom is 0.134 e. The number of para-hydroxylation sites is 1. The van der Waals surface area contributed by atoms with Crippen molar-refractivity contribution in [3.05, 3.63) is 76.5 Å². The molecule has 6 heteroatoms. The van der Waals surface area contributed by atoms with Crippen LogP contribution in [0, 0.1) is 0 Å². The highest BCUT2D eigenvalue weighted by Gasteiger charge is 2.11. The van der Waals surface area contributed by atoms with Crippen LogP contribution in [0.2, 0.25) is 10.2 Å². The highest BCUT2D eigenvalue weighted by atomic mass is 35.5. The fourth-order valence-corrected chi connectivity index (χ4v) is 4.25. The van der Waals surface area contributed by atoms with Gasteiger partial charge in [-0.15, -0.1) is 0 Å². The summed E-state index contributed by atoms with van der Waals surface area (Å²) in [6.45, 7) is 5.91. The third-order valence-electron chi connectivity index (χ3n) is 5.36. The zero-order chi connectivity index (χ0) is 21.6. The lowest BCUT2D eigenvalue weighted by atomic mass is 10.1. The third-order valence-corrected chi connectivity index (χ3v) is 5.92. The van der Waals surface area contributed by atoms with Gasteiger partial charge < -0.3 is 5.32 Å². The smallest absolute Gasteiger partial charge is 0.134 e. The number of aromatic nitrogens is 2. The summed E-state index contributed by atoms with van der Waals surface area (Å²) >= 11 is 12.6. The molecule has 1 N–H and O–H groups in total. The summed E-state index contributed by atoms with van der Waals surface area (Å²) in [5.74, 6) is 0. The first kappa shape index (κ1) is 21.8. The Balaban J connectivity index is 1.38. The Bertz CT molecular complexity index is 1180. The molecule has 0 spiro atoms. The predicted molar refractivity (Wildman–Crippen MR) is 132 cm³/mol. The van der Waals surface area contributed by atoms with Crippen molar-refractivity contribution >= 4 is 50.7 Å². The van der Waals surface area contributed by atoms with Gasteiger partial charge >= 0.3 is 0 Å². The van der Waals surface area contributed by atoms with E-state index in [1.165, 1.54) is 0 Å². The maximum atomic E-state index is 6.49. The molecule has 0 aliphatic rings. The van der Waals surface area contributed by atoms with Crippen LogP contribution in [0.5, 0.6) is 0 Å². The summed E-state index contributed by atoms with van der Waals surface area (Å²) in [6.07, 6.45) is 3.94. The van der Waals surface area contributed by atoms with Crippen molar-refractivity contribution in [3.63, 3.8) is 0 Å². The van der Waals surface area contributed by atoms with E-state index in [-0.39, 0.29) is 0 Å². The molecule has 31 heavy (non-hydrogen) atoms. The van der Waals surface area contributed by atoms with Gasteiger partial charge in [-0.3, -0.25) is 9.88 Å². The van der Waals surface area contributed by atoms with Crippen LogP contribution in [-0.4, -0.2) is 34.5 Å². The van der Waals surface area contributed by atoms with Crippen LogP contribution in [0.25, 0.3) is 21.8 Å². The molecule has 0 saturated heterocycles. The number of hydrogen-bond acceptors (Lipinski definition) is 4. The number of nitrogens with zero attached hydrogens (tertiary/aromatic N) is 3. The van der Waals surface area contributed by atoms with E-state index in [2.05, 4.69) is 39.2 Å². The standard InChI is InChI=1S/C25H26Cl2N4/c1-2-13-31(17-19-15-18-6-3-4-7-22(18)30-25(19)27)14-5-11-28-23-10-12-29-24-16-20(26)8-9-21(23)24/h3-4,6-10,12,15-16H,2,5,11,13-14,17H2,1H3,(H,28,29). The largest absolute Gasteiger partial charge is 0.384 e. The van der Waals surface area contributed by atoms with Crippen molar-refractivity contribution in [1.82, 2.24) is 14.9 Å². The molecule has 2 aromatic carbocycles. The van der Waals surface area contributed by atoms with Crippen molar-refractivity contribution in [3.8, 4) is 0 Å². The van der Waals surface area contributed by atoms with Crippen molar-refractivity contribution in [2.45, 2.75) is 26.3 Å². The molecule has 2 aromatic heterocycles. The zero-order valence-corrected chi connectivity index (χ0v) is 19.1. The molecule has 0 fully saturated rings. The van der Waals surface area contributed by atoms with Crippen molar-refractivity contribution in [2.75, 3.05) is 25.0 Å². The number of fused-ring (bicyclic) bond motifs is 2. The highest BCUT2D eigenvalue weighted by molar-refractivity contribution is 6.31. The Labute approximate surface area is 193 Å². The van der Waals surface area contributed by atoms with Crippen molar-refractivity contribution in [2.24, 2.45) is 0 Å². The van der Waals surface area contributed by atoms with E-state index in [1.807, 2.05) is 48.7 Å². The first-order chi connectivity index (χ1) is 15.1. The summed E-state index contributed by atoms with van der Waals surface area (Å²) in [7, 11) is 0. The number of benzene rings is 2. The zero-order valence-electron chi connectivity index (χ0n) is 17.6. The van der Waals surface area contributed by atoms with Gasteiger partial charge in [-0.1, -0.05) is 48.3 Å². The normalized spacial score (nSPS) is 11.5. The van der Waals surface area contributed by atoms with Crippen molar-refractivity contribution in [1.29, 1.82) is 0 Å². The van der Waals surface area contributed by atoms with E-state index >= 15 is 0 Å². The Morgan fingerprint density at radius 1 is 0.968 bits per heavy atom. The molecule has 2 heterocycles. The summed E-state index contributed by atoms with van der Waals surface area (Å²) in [4.78, 5) is 11.4. The molecule has 0 unspecified atom stereocenters. The molecule has 0 saturated carbocycles. The van der Waals surface area contributed by atoms with Gasteiger partial charge in [0.15, 0.2) is 0 Å². The molecular formula is C25H26Cl2N4. The van der Waals surface area contributed by atoms with E-state index in [1.54, 1.807) is 0 Å². The topological polar surface area (TPSA) is 41.0 Å². The number of halogens is 2. The van der Waals surface area contributed by atoms with Crippen LogP contribution in [-0.2, 0) is 6.54 Å². The molecule has 160 valence electrons. The second-order valence-corrected chi connectivity index (χ2v) is 8.50. The quantitative estimate of drug-likeness (QED) is 0.223. The summed E-state index contributed by atoms with van der Waals surface area (Å²) < 4.78 is 0. The molecular weight excluding hydrogens is 427 g/mol. The van der Waals surface area contributed by atoms with Gasteiger partial charge in [-0.05, 0) is 55.8 Å². The second kappa shape index (κ2) is 10.3. The monoisotopic (exact) mass is 452 g/mol. The Morgan fingerprint density at radius 2 is 1.84 bits per heavy atom. The van der Waals surface area contributed by atoms with Gasteiger partial charge in [0.1, 0.15) is 5.15 Å². The van der Waals surface area contributed by atoms with Crippen LogP contribution >= 0.6 is 23.2 Å². The molecule has 4 rings (SSSR count). The minimum atomic E-state index is 0.597. The number of anilines is 1. The third kappa shape index (κ3) is 5.45. The fourth-order valence-electron chi connectivity index (χ4n) is 3.88. The molecule has 0 aliphatic heterocycles. The van der Waals surface area contributed by atoms with E-state index in [4.69, 9.17) is 23.2 Å². The average Bonchev–Trinajstić information content (AvgIpc) is 2.77. The average molecular weight is 453 g/mol. The Kier molecular flexibility index (Phi) is 7.23. The van der Waals surface area contributed by atoms with E-state index in [0.29, 0.717) is 10.2 Å². The summed E-state index contributed by atoms with van der Waals surface area (Å²) in [5.41, 5.74) is 4.01. The first-order valence-electron chi connectivity index (χ1n) is 10.7. The molecule has 0 amide bonds. The lowest BCUT2D eigenvalue weighted by Crippen LogP contribution is -2.27. The van der Waals surface area contributed by atoms with Gasteiger partial charge in [-0.2, -0.15) is 0 Å². The lowest BCUT2D eigenvalue weighted by molar-refractivity contribution is 0.265. The lowest BCUT2D eigenvalue weighted by Gasteiger charge is -2.22. The maximum absolute atomic E-state index is 6.49. The van der Waals surface area contributed by atoms with Crippen molar-refractivity contribution < 1.29 is 0 Å². The first-order valence-corrected chi connectivity index (χ1v) is 11.4. The van der Waals surface area contributed by atoms with Gasteiger partial charge in [0.25, 0.3) is 0 Å². The van der Waals surface area contributed by atoms with Crippen LogP contribution in [0.15, 0.2) is 60.8 Å². The number of nitrogens with one attached hydrogen (secondary N) is 1. The molecule has 0 atom stereocenters. The molecule has 0 radical (unpaired) electrons. The number of pyridine rings is 2. The van der Waals surface area contributed by atoms with E-state index in [0.717, 1.165) is 72.1 Å². The van der Waals surface area contributed by atoms with Gasteiger partial charge in [0.2, 0.25) is 0 Å². The highest BCUT2D eigenvalue weighted by Crippen LogP contribution is 2.25. The molecule has 0 bridgehead atoms. The van der Waals surface area contributed by atoms with Gasteiger partial charge in [0, 0.05) is 52.9 Å². The minimum Gasteiger partial charge on any atom is -0.384 e. The molecule has 0 aliphatic carbocycles. The van der Waals surface area contributed by atoms with Gasteiger partial charge in [0.05, 0.1) is 11.0 Å². The van der Waals surface area contributed by atoms with E-state index in [9.17, 15) is 0 Å². The fraction of sp³-hybridized carbons (Fsp3) is 0.280. The summed E-state index contributed by atoms with van der Waals surface area (Å²) in [6, 6.07) is 18.1. The molecule has 4 aromatic rings. The van der Waals surface area contributed by atoms with Crippen LogP contribution in [0.1, 0.15) is 25.3 Å². The SMILES string of the molecule is CCCN(CCCNc1ccnc2cc(Cl)ccc12)Cc1cc2ccccc2nc1Cl. The van der Waals surface area contributed by atoms with Crippen LogP contribution < -0.4 is 5.32 Å². The summed E-state index contributed by atoms with van der Waals surface area (Å²) in [5, 5.41) is 7.07.